The van der Waals surface area contributed by atoms with Gasteiger partial charge in [0.25, 0.3) is 0 Å². The van der Waals surface area contributed by atoms with Gasteiger partial charge in [0.2, 0.25) is 5.91 Å². The van der Waals surface area contributed by atoms with Crippen LogP contribution in [-0.2, 0) is 15.6 Å². The zero-order valence-corrected chi connectivity index (χ0v) is 12.8. The average molecular weight is 303 g/mol. The van der Waals surface area contributed by atoms with E-state index in [1.165, 1.54) is 0 Å². The second-order valence-corrected chi connectivity index (χ2v) is 6.62. The van der Waals surface area contributed by atoms with Gasteiger partial charge in [-0.2, -0.15) is 0 Å². The second-order valence-electron chi connectivity index (χ2n) is 4.44. The Bertz CT molecular complexity index is 494. The van der Waals surface area contributed by atoms with Crippen LogP contribution in [0.4, 0.5) is 5.69 Å². The van der Waals surface area contributed by atoms with Crippen molar-refractivity contribution in [2.45, 2.75) is 43.4 Å². The fourth-order valence-electron chi connectivity index (χ4n) is 1.43. The van der Waals surface area contributed by atoms with Crippen molar-refractivity contribution in [3.05, 3.63) is 23.2 Å². The highest BCUT2D eigenvalue weighted by Gasteiger charge is 2.23. The number of nitrogens with one attached hydrogen (secondary N) is 1. The summed E-state index contributed by atoms with van der Waals surface area (Å²) in [4.78, 5) is 12.3. The normalized spacial score (nSPS) is 15.6. The van der Waals surface area contributed by atoms with Crippen molar-refractivity contribution in [1.29, 1.82) is 0 Å². The van der Waals surface area contributed by atoms with Gasteiger partial charge >= 0.3 is 0 Å². The van der Waals surface area contributed by atoms with Crippen molar-refractivity contribution in [1.82, 2.24) is 5.32 Å². The average Bonchev–Trinajstić information content (AvgIpc) is 2.39. The summed E-state index contributed by atoms with van der Waals surface area (Å²) >= 11 is 5.86. The molecular formula is C13H19ClN2O2S. The monoisotopic (exact) mass is 302 g/mol. The van der Waals surface area contributed by atoms with E-state index in [2.05, 4.69) is 5.32 Å². The zero-order chi connectivity index (χ0) is 14.6. The Morgan fingerprint density at radius 2 is 2.11 bits per heavy atom. The van der Waals surface area contributed by atoms with E-state index in [0.717, 1.165) is 6.42 Å². The SMILES string of the molecule is CCC(C)NC(=O)C(C)S(=O)c1cc(Cl)ccc1N. The number of halogens is 1. The number of nitrogen functional groups attached to an aromatic ring is 1. The third-order valence-corrected chi connectivity index (χ3v) is 4.76. The summed E-state index contributed by atoms with van der Waals surface area (Å²) in [6.45, 7) is 5.50. The smallest absolute Gasteiger partial charge is 0.236 e. The van der Waals surface area contributed by atoms with Crippen LogP contribution in [0.5, 0.6) is 0 Å². The highest BCUT2D eigenvalue weighted by atomic mass is 35.5. The van der Waals surface area contributed by atoms with E-state index in [4.69, 9.17) is 17.3 Å². The van der Waals surface area contributed by atoms with Crippen LogP contribution in [0.25, 0.3) is 0 Å². The van der Waals surface area contributed by atoms with Gasteiger partial charge < -0.3 is 11.1 Å². The summed E-state index contributed by atoms with van der Waals surface area (Å²) < 4.78 is 12.3. The summed E-state index contributed by atoms with van der Waals surface area (Å²) in [6.07, 6.45) is 0.824. The molecule has 0 heterocycles. The highest BCUT2D eigenvalue weighted by Crippen LogP contribution is 2.23. The van der Waals surface area contributed by atoms with Crippen LogP contribution in [0.15, 0.2) is 23.1 Å². The minimum Gasteiger partial charge on any atom is -0.398 e. The van der Waals surface area contributed by atoms with Crippen LogP contribution in [0.3, 0.4) is 0 Å². The molecule has 0 saturated carbocycles. The fourth-order valence-corrected chi connectivity index (χ4v) is 2.86. The third kappa shape index (κ3) is 4.21. The van der Waals surface area contributed by atoms with Crippen molar-refractivity contribution < 1.29 is 9.00 Å². The molecule has 0 fully saturated rings. The van der Waals surface area contributed by atoms with Crippen LogP contribution >= 0.6 is 11.6 Å². The molecule has 1 amide bonds. The van der Waals surface area contributed by atoms with Crippen LogP contribution in [0.1, 0.15) is 27.2 Å². The van der Waals surface area contributed by atoms with Crippen molar-refractivity contribution in [3.63, 3.8) is 0 Å². The second kappa shape index (κ2) is 6.91. The van der Waals surface area contributed by atoms with Gasteiger partial charge in [-0.05, 0) is 38.5 Å². The minimum atomic E-state index is -1.52. The summed E-state index contributed by atoms with van der Waals surface area (Å²) in [7, 11) is -1.52. The summed E-state index contributed by atoms with van der Waals surface area (Å²) in [5.41, 5.74) is 6.15. The first kappa shape index (κ1) is 16.0. The van der Waals surface area contributed by atoms with Gasteiger partial charge in [-0.1, -0.05) is 18.5 Å². The van der Waals surface area contributed by atoms with E-state index < -0.39 is 16.0 Å². The maximum absolute atomic E-state index is 12.3. The lowest BCUT2D eigenvalue weighted by Crippen LogP contribution is -2.40. The van der Waals surface area contributed by atoms with E-state index in [0.29, 0.717) is 15.6 Å². The Morgan fingerprint density at radius 3 is 2.68 bits per heavy atom. The zero-order valence-electron chi connectivity index (χ0n) is 11.3. The molecule has 0 aliphatic heterocycles. The molecule has 6 heteroatoms. The number of amides is 1. The minimum absolute atomic E-state index is 0.0589. The molecular weight excluding hydrogens is 284 g/mol. The Morgan fingerprint density at radius 1 is 1.47 bits per heavy atom. The van der Waals surface area contributed by atoms with Crippen LogP contribution < -0.4 is 11.1 Å². The lowest BCUT2D eigenvalue weighted by Gasteiger charge is -2.16. The first-order valence-electron chi connectivity index (χ1n) is 6.12. The number of rotatable bonds is 5. The van der Waals surface area contributed by atoms with Gasteiger partial charge in [0, 0.05) is 16.8 Å². The molecule has 1 aromatic rings. The predicted molar refractivity (Wildman–Crippen MR) is 79.6 cm³/mol. The molecule has 3 N–H and O–H groups in total. The van der Waals surface area contributed by atoms with E-state index in [9.17, 15) is 9.00 Å². The molecule has 4 nitrogen and oxygen atoms in total. The van der Waals surface area contributed by atoms with Crippen molar-refractivity contribution in [3.8, 4) is 0 Å². The molecule has 0 radical (unpaired) electrons. The molecule has 1 rings (SSSR count). The fraction of sp³-hybridized carbons (Fsp3) is 0.462. The lowest BCUT2D eigenvalue weighted by molar-refractivity contribution is -0.120. The molecule has 0 saturated heterocycles. The van der Waals surface area contributed by atoms with E-state index in [-0.39, 0.29) is 11.9 Å². The van der Waals surface area contributed by atoms with Crippen molar-refractivity contribution in [2.75, 3.05) is 5.73 Å². The standard InChI is InChI=1S/C13H19ClN2O2S/c1-4-8(2)16-13(17)9(3)19(18)12-7-10(14)5-6-11(12)15/h5-9H,4,15H2,1-3H3,(H,16,17). The van der Waals surface area contributed by atoms with Gasteiger partial charge in [-0.3, -0.25) is 9.00 Å². The number of hydrogen-bond donors (Lipinski definition) is 2. The molecule has 0 aliphatic carbocycles. The number of carbonyl (C=O) groups is 1. The van der Waals surface area contributed by atoms with Crippen molar-refractivity contribution in [2.24, 2.45) is 0 Å². The quantitative estimate of drug-likeness (QED) is 0.820. The Hall–Kier alpha value is -1.07. The van der Waals surface area contributed by atoms with E-state index >= 15 is 0 Å². The maximum atomic E-state index is 12.3. The first-order chi connectivity index (χ1) is 8.86. The first-order valence-corrected chi connectivity index (χ1v) is 7.71. The molecule has 3 atom stereocenters. The Labute approximate surface area is 121 Å². The Kier molecular flexibility index (Phi) is 5.82. The summed E-state index contributed by atoms with van der Waals surface area (Å²) in [6, 6.07) is 4.82. The van der Waals surface area contributed by atoms with Gasteiger partial charge in [-0.15, -0.1) is 0 Å². The van der Waals surface area contributed by atoms with Gasteiger partial charge in [0.15, 0.2) is 0 Å². The molecule has 1 aromatic carbocycles. The van der Waals surface area contributed by atoms with E-state index in [1.54, 1.807) is 25.1 Å². The number of nitrogens with two attached hydrogens (primary N) is 1. The third-order valence-electron chi connectivity index (χ3n) is 2.88. The number of carbonyl (C=O) groups excluding carboxylic acids is 1. The van der Waals surface area contributed by atoms with Gasteiger partial charge in [0.05, 0.1) is 15.7 Å². The maximum Gasteiger partial charge on any atom is 0.236 e. The van der Waals surface area contributed by atoms with Crippen molar-refractivity contribution >= 4 is 34.0 Å². The molecule has 0 aliphatic rings. The molecule has 19 heavy (non-hydrogen) atoms. The molecule has 0 bridgehead atoms. The Balaban J connectivity index is 2.87. The number of hydrogen-bond acceptors (Lipinski definition) is 3. The highest BCUT2D eigenvalue weighted by molar-refractivity contribution is 7.86. The van der Waals surface area contributed by atoms with Crippen LogP contribution in [0.2, 0.25) is 5.02 Å². The van der Waals surface area contributed by atoms with Gasteiger partial charge in [0.1, 0.15) is 5.25 Å². The molecule has 106 valence electrons. The largest absolute Gasteiger partial charge is 0.398 e. The van der Waals surface area contributed by atoms with Crippen LogP contribution in [0, 0.1) is 0 Å². The number of benzene rings is 1. The molecule has 0 spiro atoms. The lowest BCUT2D eigenvalue weighted by atomic mass is 10.2. The van der Waals surface area contributed by atoms with E-state index in [1.807, 2.05) is 13.8 Å². The molecule has 3 unspecified atom stereocenters. The number of anilines is 1. The van der Waals surface area contributed by atoms with Crippen LogP contribution in [-0.4, -0.2) is 21.4 Å². The summed E-state index contributed by atoms with van der Waals surface area (Å²) in [5.74, 6) is -0.243. The predicted octanol–water partition coefficient (Wildman–Crippen LogP) is 2.33. The molecule has 0 aromatic heterocycles. The van der Waals surface area contributed by atoms with Gasteiger partial charge in [-0.25, -0.2) is 0 Å². The summed E-state index contributed by atoms with van der Waals surface area (Å²) in [5, 5.41) is 2.59. The topological polar surface area (TPSA) is 72.2 Å².